The summed E-state index contributed by atoms with van der Waals surface area (Å²) in [6, 6.07) is 59.1. The average molecular weight is 687 g/mol. The highest BCUT2D eigenvalue weighted by Gasteiger charge is 2.15. The van der Waals surface area contributed by atoms with Crippen LogP contribution in [-0.4, -0.2) is 0 Å². The zero-order valence-corrected chi connectivity index (χ0v) is 31.3. The van der Waals surface area contributed by atoms with Gasteiger partial charge >= 0.3 is 0 Å². The van der Waals surface area contributed by atoms with Crippen molar-refractivity contribution in [3.05, 3.63) is 214 Å². The van der Waals surface area contributed by atoms with Crippen LogP contribution in [0.1, 0.15) is 50.1 Å². The predicted octanol–water partition coefficient (Wildman–Crippen LogP) is 14.5. The zero-order chi connectivity index (χ0) is 36.7. The van der Waals surface area contributed by atoms with Crippen molar-refractivity contribution in [3.8, 4) is 0 Å². The van der Waals surface area contributed by atoms with Crippen LogP contribution in [0.4, 0.5) is 34.1 Å². The van der Waals surface area contributed by atoms with Crippen molar-refractivity contribution in [1.82, 2.24) is 0 Å². The number of anilines is 6. The molecule has 0 heterocycles. The summed E-state index contributed by atoms with van der Waals surface area (Å²) >= 11 is 0. The van der Waals surface area contributed by atoms with Crippen molar-refractivity contribution < 1.29 is 0 Å². The van der Waals surface area contributed by atoms with E-state index in [9.17, 15) is 0 Å². The molecule has 0 unspecified atom stereocenters. The molecule has 0 saturated carbocycles. The minimum absolute atomic E-state index is 1.13. The van der Waals surface area contributed by atoms with Gasteiger partial charge in [0.05, 0.1) is 0 Å². The maximum Gasteiger partial charge on any atom is 0.0490 e. The molecule has 0 N–H and O–H groups in total. The summed E-state index contributed by atoms with van der Waals surface area (Å²) in [5.41, 5.74) is 17.8. The lowest BCUT2D eigenvalue weighted by atomic mass is 10.1. The average Bonchev–Trinajstić information content (AvgIpc) is 3.18. The van der Waals surface area contributed by atoms with E-state index in [2.05, 4.69) is 233 Å². The minimum Gasteiger partial charge on any atom is -0.311 e. The lowest BCUT2D eigenvalue weighted by Crippen LogP contribution is -2.11. The van der Waals surface area contributed by atoms with Gasteiger partial charge in [0, 0.05) is 34.1 Å². The molecule has 260 valence electrons. The molecule has 7 aromatic rings. The van der Waals surface area contributed by atoms with Gasteiger partial charge in [0.15, 0.2) is 0 Å². The van der Waals surface area contributed by atoms with Crippen LogP contribution < -0.4 is 9.80 Å². The lowest BCUT2D eigenvalue weighted by molar-refractivity contribution is 1.23. The highest BCUT2D eigenvalue weighted by molar-refractivity contribution is 5.81. The molecule has 0 aliphatic rings. The molecule has 0 spiro atoms. The van der Waals surface area contributed by atoms with Crippen molar-refractivity contribution in [1.29, 1.82) is 0 Å². The van der Waals surface area contributed by atoms with E-state index in [4.69, 9.17) is 0 Å². The Morgan fingerprint density at radius 2 is 0.547 bits per heavy atom. The molecule has 7 aromatic carbocycles. The number of hydrogen-bond acceptors (Lipinski definition) is 2. The third-order valence-electron chi connectivity index (χ3n) is 9.65. The van der Waals surface area contributed by atoms with Crippen molar-refractivity contribution in [2.75, 3.05) is 9.80 Å². The van der Waals surface area contributed by atoms with Gasteiger partial charge in [-0.15, -0.1) is 0 Å². The summed E-state index contributed by atoms with van der Waals surface area (Å²) < 4.78 is 0. The Kier molecular flexibility index (Phi) is 10.5. The van der Waals surface area contributed by atoms with E-state index in [1.807, 2.05) is 0 Å². The van der Waals surface area contributed by atoms with Crippen LogP contribution in [0.5, 0.6) is 0 Å². The monoisotopic (exact) mass is 686 g/mol. The van der Waals surface area contributed by atoms with Gasteiger partial charge in [0.25, 0.3) is 0 Å². The summed E-state index contributed by atoms with van der Waals surface area (Å²) in [7, 11) is 0. The highest BCUT2D eigenvalue weighted by Crippen LogP contribution is 2.38. The van der Waals surface area contributed by atoms with Crippen LogP contribution in [0, 0.1) is 34.6 Å². The highest BCUT2D eigenvalue weighted by atomic mass is 15.1. The van der Waals surface area contributed by atoms with Gasteiger partial charge in [-0.1, -0.05) is 144 Å². The number of rotatable bonds is 10. The Morgan fingerprint density at radius 1 is 0.283 bits per heavy atom. The second-order valence-electron chi connectivity index (χ2n) is 14.0. The van der Waals surface area contributed by atoms with Crippen LogP contribution >= 0.6 is 0 Å². The third kappa shape index (κ3) is 8.57. The van der Waals surface area contributed by atoms with Crippen LogP contribution in [0.3, 0.4) is 0 Å². The van der Waals surface area contributed by atoms with E-state index < -0.39 is 0 Å². The Morgan fingerprint density at radius 3 is 0.868 bits per heavy atom. The van der Waals surface area contributed by atoms with Gasteiger partial charge in [-0.05, 0) is 129 Å². The van der Waals surface area contributed by atoms with Gasteiger partial charge < -0.3 is 9.80 Å². The van der Waals surface area contributed by atoms with E-state index in [-0.39, 0.29) is 0 Å². The second-order valence-corrected chi connectivity index (χ2v) is 14.0. The van der Waals surface area contributed by atoms with E-state index in [1.54, 1.807) is 0 Å². The molecule has 7 rings (SSSR count). The van der Waals surface area contributed by atoms with E-state index >= 15 is 0 Å². The van der Waals surface area contributed by atoms with Crippen molar-refractivity contribution in [2.45, 2.75) is 34.6 Å². The Bertz CT molecular complexity index is 2280. The smallest absolute Gasteiger partial charge is 0.0490 e. The van der Waals surface area contributed by atoms with Crippen LogP contribution in [0.15, 0.2) is 164 Å². The molecule has 2 nitrogen and oxygen atoms in total. The quantitative estimate of drug-likeness (QED) is 0.132. The summed E-state index contributed by atoms with van der Waals surface area (Å²) in [4.78, 5) is 4.65. The third-order valence-corrected chi connectivity index (χ3v) is 9.65. The van der Waals surface area contributed by atoms with Crippen LogP contribution in [0.25, 0.3) is 24.3 Å². The number of hydrogen-bond donors (Lipinski definition) is 0. The lowest BCUT2D eigenvalue weighted by Gasteiger charge is -2.27. The molecular formula is C51H46N2. The molecule has 2 heteroatoms. The molecule has 0 atom stereocenters. The number of aryl methyl sites for hydroxylation is 5. The summed E-state index contributed by atoms with van der Waals surface area (Å²) in [6.07, 6.45) is 8.71. The van der Waals surface area contributed by atoms with E-state index in [0.717, 1.165) is 39.6 Å². The maximum absolute atomic E-state index is 2.34. The molecular weight excluding hydrogens is 641 g/mol. The minimum atomic E-state index is 1.13. The molecule has 0 fully saturated rings. The first-order valence-corrected chi connectivity index (χ1v) is 18.3. The number of benzene rings is 7. The Balaban J connectivity index is 1.03. The first kappa shape index (κ1) is 35.0. The van der Waals surface area contributed by atoms with Crippen LogP contribution in [0.2, 0.25) is 0 Å². The fourth-order valence-electron chi connectivity index (χ4n) is 6.58. The standard InChI is InChI=1S/C51H46N2/c1-37-6-25-46(26-7-37)52(47-27-8-38(2)9-28-47)48-31-21-44(22-32-48)19-17-42-13-15-43(16-14-42)18-20-45-23-33-50(34-24-45)53(49-29-10-39(3)11-30-49)51-35-12-40(4)36-41(51)5/h6-36H,1-5H3/b19-17+,20-18+. The Labute approximate surface area is 315 Å². The second kappa shape index (κ2) is 15.9. The number of nitrogens with zero attached hydrogens (tertiary/aromatic N) is 2. The molecule has 53 heavy (non-hydrogen) atoms. The largest absolute Gasteiger partial charge is 0.311 e. The fourth-order valence-corrected chi connectivity index (χ4v) is 6.58. The fraction of sp³-hybridized carbons (Fsp3) is 0.0980. The molecule has 0 amide bonds. The first-order valence-electron chi connectivity index (χ1n) is 18.3. The van der Waals surface area contributed by atoms with Gasteiger partial charge in [0.2, 0.25) is 0 Å². The summed E-state index contributed by atoms with van der Waals surface area (Å²) in [5.74, 6) is 0. The van der Waals surface area contributed by atoms with E-state index in [1.165, 1.54) is 44.6 Å². The normalized spacial score (nSPS) is 11.3. The van der Waals surface area contributed by atoms with Crippen molar-refractivity contribution in [2.24, 2.45) is 0 Å². The van der Waals surface area contributed by atoms with Crippen LogP contribution in [-0.2, 0) is 0 Å². The summed E-state index contributed by atoms with van der Waals surface area (Å²) in [6.45, 7) is 10.7. The molecule has 0 aromatic heterocycles. The zero-order valence-electron chi connectivity index (χ0n) is 31.3. The molecule has 0 saturated heterocycles. The molecule has 0 aliphatic carbocycles. The first-order chi connectivity index (χ1) is 25.8. The van der Waals surface area contributed by atoms with Gasteiger partial charge in [0.1, 0.15) is 0 Å². The maximum atomic E-state index is 2.34. The van der Waals surface area contributed by atoms with Gasteiger partial charge in [-0.25, -0.2) is 0 Å². The molecule has 0 radical (unpaired) electrons. The van der Waals surface area contributed by atoms with Crippen molar-refractivity contribution >= 4 is 58.4 Å². The van der Waals surface area contributed by atoms with Gasteiger partial charge in [-0.3, -0.25) is 0 Å². The summed E-state index contributed by atoms with van der Waals surface area (Å²) in [5, 5.41) is 0. The molecule has 0 bridgehead atoms. The predicted molar refractivity (Wildman–Crippen MR) is 230 cm³/mol. The topological polar surface area (TPSA) is 6.48 Å². The van der Waals surface area contributed by atoms with Crippen molar-refractivity contribution in [3.63, 3.8) is 0 Å². The Hall–Kier alpha value is -6.38. The van der Waals surface area contributed by atoms with E-state index in [0.29, 0.717) is 0 Å². The molecule has 0 aliphatic heterocycles. The van der Waals surface area contributed by atoms with Gasteiger partial charge in [-0.2, -0.15) is 0 Å². The SMILES string of the molecule is Cc1ccc(N(c2ccc(C)cc2)c2ccc(/C=C/c3ccc(/C=C/c4ccc(N(c5ccc(C)cc5)c5ccc(C)cc5C)cc4)cc3)cc2)cc1.